The molecule has 0 atom stereocenters. The molecule has 2 aliphatic rings. The normalized spacial score (nSPS) is 26.4. The summed E-state index contributed by atoms with van der Waals surface area (Å²) < 4.78 is -0.252. The molecule has 1 saturated heterocycles. The first-order valence-corrected chi connectivity index (χ1v) is 7.44. The average molecular weight is 304 g/mol. The van der Waals surface area contributed by atoms with E-state index in [9.17, 15) is 9.90 Å². The molecule has 2 fully saturated rings. The van der Waals surface area contributed by atoms with Crippen molar-refractivity contribution in [2.24, 2.45) is 5.41 Å². The minimum Gasteiger partial charge on any atom is -0.396 e. The number of likely N-dealkylation sites (tertiary alicyclic amines) is 1. The summed E-state index contributed by atoms with van der Waals surface area (Å²) in [7, 11) is 0. The molecule has 1 aliphatic heterocycles. The quantitative estimate of drug-likeness (QED) is 0.813. The predicted octanol–water partition coefficient (Wildman–Crippen LogP) is 2.32. The van der Waals surface area contributed by atoms with Crippen molar-refractivity contribution < 1.29 is 9.90 Å². The van der Waals surface area contributed by atoms with Gasteiger partial charge in [0, 0.05) is 19.7 Å². The van der Waals surface area contributed by atoms with Crippen LogP contribution >= 0.6 is 15.9 Å². The molecule has 0 bridgehead atoms. The number of piperidine rings is 1. The van der Waals surface area contributed by atoms with E-state index < -0.39 is 0 Å². The fourth-order valence-corrected chi connectivity index (χ4v) is 3.60. The van der Waals surface area contributed by atoms with Crippen LogP contribution in [-0.2, 0) is 4.79 Å². The number of hydrogen-bond donors (Lipinski definition) is 1. The first kappa shape index (κ1) is 13.3. The second kappa shape index (κ2) is 4.88. The molecular formula is C13H22BrNO2. The van der Waals surface area contributed by atoms with Gasteiger partial charge in [0.25, 0.3) is 0 Å². The Hall–Kier alpha value is -0.0900. The smallest absolute Gasteiger partial charge is 0.239 e. The molecule has 1 saturated carbocycles. The highest BCUT2D eigenvalue weighted by molar-refractivity contribution is 9.10. The highest BCUT2D eigenvalue weighted by atomic mass is 79.9. The van der Waals surface area contributed by atoms with Crippen molar-refractivity contribution >= 4 is 21.8 Å². The molecule has 1 N–H and O–H groups in total. The molecular weight excluding hydrogens is 282 g/mol. The zero-order chi connectivity index (χ0) is 12.5. The van der Waals surface area contributed by atoms with Gasteiger partial charge in [-0.05, 0) is 43.9 Å². The van der Waals surface area contributed by atoms with E-state index in [2.05, 4.69) is 22.9 Å². The summed E-state index contributed by atoms with van der Waals surface area (Å²) in [6, 6.07) is 0. The maximum absolute atomic E-state index is 12.3. The van der Waals surface area contributed by atoms with E-state index in [4.69, 9.17) is 0 Å². The number of rotatable bonds is 3. The second-order valence-electron chi connectivity index (χ2n) is 5.62. The third-order valence-electron chi connectivity index (χ3n) is 4.73. The van der Waals surface area contributed by atoms with Gasteiger partial charge in [0.1, 0.15) is 4.32 Å². The third kappa shape index (κ3) is 2.39. The van der Waals surface area contributed by atoms with Crippen molar-refractivity contribution in [2.75, 3.05) is 19.7 Å². The van der Waals surface area contributed by atoms with Gasteiger partial charge in [0.05, 0.1) is 0 Å². The van der Waals surface area contributed by atoms with Gasteiger partial charge in [0.15, 0.2) is 0 Å². The Kier molecular flexibility index (Phi) is 3.83. The van der Waals surface area contributed by atoms with Gasteiger partial charge >= 0.3 is 0 Å². The van der Waals surface area contributed by atoms with E-state index >= 15 is 0 Å². The van der Waals surface area contributed by atoms with Crippen LogP contribution in [0, 0.1) is 5.41 Å². The van der Waals surface area contributed by atoms with Gasteiger partial charge in [0.2, 0.25) is 5.91 Å². The molecule has 0 aromatic carbocycles. The van der Waals surface area contributed by atoms with E-state index in [-0.39, 0.29) is 22.3 Å². The van der Waals surface area contributed by atoms with Gasteiger partial charge in [-0.15, -0.1) is 0 Å². The summed E-state index contributed by atoms with van der Waals surface area (Å²) in [4.78, 5) is 14.3. The lowest BCUT2D eigenvalue weighted by Crippen LogP contribution is -2.53. The summed E-state index contributed by atoms with van der Waals surface area (Å²) in [5.74, 6) is 0.270. The molecule has 1 aliphatic carbocycles. The number of carbonyl (C=O) groups is 1. The molecule has 0 aromatic heterocycles. The molecule has 0 radical (unpaired) electrons. The Morgan fingerprint density at radius 1 is 1.29 bits per heavy atom. The molecule has 1 amide bonds. The van der Waals surface area contributed by atoms with Crippen molar-refractivity contribution in [3.63, 3.8) is 0 Å². The number of carbonyl (C=O) groups excluding carboxylic acids is 1. The number of aliphatic hydroxyl groups excluding tert-OH is 1. The van der Waals surface area contributed by atoms with Crippen molar-refractivity contribution in [1.29, 1.82) is 0 Å². The number of halogens is 1. The molecule has 4 heteroatoms. The monoisotopic (exact) mass is 303 g/mol. The van der Waals surface area contributed by atoms with Crippen LogP contribution < -0.4 is 0 Å². The largest absolute Gasteiger partial charge is 0.396 e. The van der Waals surface area contributed by atoms with E-state index in [1.165, 1.54) is 0 Å². The van der Waals surface area contributed by atoms with Gasteiger partial charge in [-0.3, -0.25) is 4.79 Å². The van der Waals surface area contributed by atoms with Crippen LogP contribution in [0.3, 0.4) is 0 Å². The number of hydrogen-bond acceptors (Lipinski definition) is 2. The van der Waals surface area contributed by atoms with Crippen LogP contribution in [0.1, 0.15) is 45.4 Å². The number of aliphatic hydroxyl groups is 1. The van der Waals surface area contributed by atoms with Gasteiger partial charge in [-0.2, -0.15) is 0 Å². The highest BCUT2D eigenvalue weighted by Gasteiger charge is 2.45. The molecule has 1 heterocycles. The maximum Gasteiger partial charge on any atom is 0.239 e. The maximum atomic E-state index is 12.3. The van der Waals surface area contributed by atoms with Crippen molar-refractivity contribution in [3.8, 4) is 0 Å². The lowest BCUT2D eigenvalue weighted by molar-refractivity contribution is -0.138. The number of nitrogens with zero attached hydrogens (tertiary/aromatic N) is 1. The second-order valence-corrected chi connectivity index (χ2v) is 7.14. The summed E-state index contributed by atoms with van der Waals surface area (Å²) >= 11 is 3.59. The molecule has 0 spiro atoms. The third-order valence-corrected chi connectivity index (χ3v) is 5.86. The summed E-state index contributed by atoms with van der Waals surface area (Å²) in [6.45, 7) is 4.00. The first-order valence-electron chi connectivity index (χ1n) is 6.64. The molecule has 0 unspecified atom stereocenters. The topological polar surface area (TPSA) is 40.5 Å². The predicted molar refractivity (Wildman–Crippen MR) is 71.1 cm³/mol. The molecule has 98 valence electrons. The van der Waals surface area contributed by atoms with E-state index in [1.54, 1.807) is 0 Å². The standard InChI is InChI=1S/C13H22BrNO2/c1-2-12(10-16)6-8-15(9-7-12)11(17)13(14)4-3-5-13/h16H,2-10H2,1H3. The zero-order valence-electron chi connectivity index (χ0n) is 10.5. The van der Waals surface area contributed by atoms with E-state index in [0.717, 1.165) is 51.6 Å². The summed E-state index contributed by atoms with van der Waals surface area (Å²) in [6.07, 6.45) is 5.98. The Morgan fingerprint density at radius 3 is 2.24 bits per heavy atom. The first-order chi connectivity index (χ1) is 8.05. The van der Waals surface area contributed by atoms with Gasteiger partial charge in [-0.25, -0.2) is 0 Å². The summed E-state index contributed by atoms with van der Waals surface area (Å²) in [5.41, 5.74) is 0.0653. The lowest BCUT2D eigenvalue weighted by atomic mass is 9.76. The SMILES string of the molecule is CCC1(CO)CCN(C(=O)C2(Br)CCC2)CC1. The Morgan fingerprint density at radius 2 is 1.88 bits per heavy atom. The zero-order valence-corrected chi connectivity index (χ0v) is 12.1. The highest BCUT2D eigenvalue weighted by Crippen LogP contribution is 2.43. The number of alkyl halides is 1. The van der Waals surface area contributed by atoms with Crippen molar-refractivity contribution in [2.45, 2.75) is 49.8 Å². The van der Waals surface area contributed by atoms with Gasteiger partial charge < -0.3 is 10.0 Å². The van der Waals surface area contributed by atoms with Crippen LogP contribution in [-0.4, -0.2) is 39.9 Å². The average Bonchev–Trinajstić information content (AvgIpc) is 2.35. The lowest BCUT2D eigenvalue weighted by Gasteiger charge is -2.45. The van der Waals surface area contributed by atoms with E-state index in [0.29, 0.717) is 0 Å². The van der Waals surface area contributed by atoms with Crippen LogP contribution in [0.2, 0.25) is 0 Å². The van der Waals surface area contributed by atoms with Gasteiger partial charge in [-0.1, -0.05) is 22.9 Å². The number of amides is 1. The van der Waals surface area contributed by atoms with Crippen molar-refractivity contribution in [3.05, 3.63) is 0 Å². The fraction of sp³-hybridized carbons (Fsp3) is 0.923. The fourth-order valence-electron chi connectivity index (χ4n) is 2.79. The summed E-state index contributed by atoms with van der Waals surface area (Å²) in [5, 5.41) is 9.47. The Bertz CT molecular complexity index is 288. The molecule has 3 nitrogen and oxygen atoms in total. The molecule has 17 heavy (non-hydrogen) atoms. The minimum atomic E-state index is -0.252. The van der Waals surface area contributed by atoms with Crippen LogP contribution in [0.25, 0.3) is 0 Å². The van der Waals surface area contributed by atoms with E-state index in [1.807, 2.05) is 4.90 Å². The van der Waals surface area contributed by atoms with Crippen molar-refractivity contribution in [1.82, 2.24) is 4.90 Å². The Labute approximate surface area is 112 Å². The molecule has 0 aromatic rings. The minimum absolute atomic E-state index is 0.0653. The van der Waals surface area contributed by atoms with Crippen LogP contribution in [0.5, 0.6) is 0 Å². The van der Waals surface area contributed by atoms with Crippen LogP contribution in [0.4, 0.5) is 0 Å². The Balaban J connectivity index is 1.93. The molecule has 2 rings (SSSR count). The van der Waals surface area contributed by atoms with Crippen LogP contribution in [0.15, 0.2) is 0 Å².